The summed E-state index contributed by atoms with van der Waals surface area (Å²) >= 11 is 0. The molecular formula is C24H46O2. The van der Waals surface area contributed by atoms with Gasteiger partial charge in [-0.2, -0.15) is 0 Å². The Morgan fingerprint density at radius 1 is 0.769 bits per heavy atom. The fourth-order valence-corrected chi connectivity index (χ4v) is 3.01. The van der Waals surface area contributed by atoms with Crippen molar-refractivity contribution in [1.82, 2.24) is 0 Å². The maximum Gasteiger partial charge on any atom is 0.305 e. The van der Waals surface area contributed by atoms with Crippen LogP contribution in [0, 0.1) is 5.92 Å². The molecule has 0 spiro atoms. The van der Waals surface area contributed by atoms with Crippen LogP contribution in [0.5, 0.6) is 0 Å². The Kier molecular flexibility index (Phi) is 19.9. The van der Waals surface area contributed by atoms with Gasteiger partial charge in [0.05, 0.1) is 6.61 Å². The summed E-state index contributed by atoms with van der Waals surface area (Å²) in [5, 5.41) is 0. The molecule has 0 aromatic carbocycles. The van der Waals surface area contributed by atoms with Gasteiger partial charge in [0.1, 0.15) is 0 Å². The Hall–Kier alpha value is -0.790. The molecule has 0 aromatic heterocycles. The van der Waals surface area contributed by atoms with E-state index in [4.69, 9.17) is 4.74 Å². The van der Waals surface area contributed by atoms with Crippen molar-refractivity contribution in [3.63, 3.8) is 0 Å². The number of carbonyl (C=O) groups excluding carboxylic acids is 1. The first-order chi connectivity index (χ1) is 12.7. The molecule has 0 saturated carbocycles. The highest BCUT2D eigenvalue weighted by Crippen LogP contribution is 2.10. The van der Waals surface area contributed by atoms with Gasteiger partial charge in [0, 0.05) is 6.42 Å². The zero-order valence-corrected chi connectivity index (χ0v) is 18.1. The molecule has 0 rings (SSSR count). The van der Waals surface area contributed by atoms with Crippen LogP contribution in [0.4, 0.5) is 0 Å². The minimum atomic E-state index is -0.0218. The average molecular weight is 367 g/mol. The van der Waals surface area contributed by atoms with Crippen LogP contribution >= 0.6 is 0 Å². The van der Waals surface area contributed by atoms with Crippen molar-refractivity contribution in [2.45, 2.75) is 124 Å². The quantitative estimate of drug-likeness (QED) is 0.131. The van der Waals surface area contributed by atoms with Crippen LogP contribution < -0.4 is 0 Å². The minimum absolute atomic E-state index is 0.0218. The highest BCUT2D eigenvalue weighted by molar-refractivity contribution is 5.69. The number of hydrogen-bond donors (Lipinski definition) is 0. The van der Waals surface area contributed by atoms with Crippen LogP contribution in [-0.2, 0) is 9.53 Å². The zero-order chi connectivity index (χ0) is 19.3. The second-order valence-corrected chi connectivity index (χ2v) is 8.09. The number of unbranched alkanes of at least 4 members (excludes halogenated alkanes) is 12. The predicted octanol–water partition coefficient (Wildman–Crippen LogP) is 8.00. The van der Waals surface area contributed by atoms with Crippen molar-refractivity contribution >= 4 is 5.97 Å². The predicted molar refractivity (Wildman–Crippen MR) is 114 cm³/mol. The van der Waals surface area contributed by atoms with E-state index in [1.807, 2.05) is 0 Å². The van der Waals surface area contributed by atoms with E-state index in [-0.39, 0.29) is 5.97 Å². The summed E-state index contributed by atoms with van der Waals surface area (Å²) < 4.78 is 5.26. The van der Waals surface area contributed by atoms with Gasteiger partial charge in [-0.05, 0) is 44.4 Å². The van der Waals surface area contributed by atoms with Gasteiger partial charge in [-0.15, -0.1) is 0 Å². The lowest BCUT2D eigenvalue weighted by molar-refractivity contribution is -0.144. The Morgan fingerprint density at radius 2 is 1.27 bits per heavy atom. The fourth-order valence-electron chi connectivity index (χ4n) is 3.01. The number of hydrogen-bond acceptors (Lipinski definition) is 2. The van der Waals surface area contributed by atoms with Crippen LogP contribution in [0.25, 0.3) is 0 Å². The molecule has 0 heterocycles. The zero-order valence-electron chi connectivity index (χ0n) is 18.1. The maximum atomic E-state index is 11.5. The molecule has 0 aliphatic rings. The van der Waals surface area contributed by atoms with Crippen molar-refractivity contribution in [3.05, 3.63) is 12.2 Å². The smallest absolute Gasteiger partial charge is 0.305 e. The van der Waals surface area contributed by atoms with Crippen molar-refractivity contribution in [2.75, 3.05) is 6.61 Å². The lowest BCUT2D eigenvalue weighted by atomic mass is 10.1. The van der Waals surface area contributed by atoms with Crippen LogP contribution in [0.2, 0.25) is 0 Å². The molecule has 154 valence electrons. The monoisotopic (exact) mass is 366 g/mol. The third kappa shape index (κ3) is 21.3. The van der Waals surface area contributed by atoms with E-state index >= 15 is 0 Å². The highest BCUT2D eigenvalue weighted by atomic mass is 16.5. The van der Waals surface area contributed by atoms with E-state index in [0.29, 0.717) is 18.9 Å². The van der Waals surface area contributed by atoms with Crippen LogP contribution in [-0.4, -0.2) is 12.6 Å². The molecule has 0 radical (unpaired) electrons. The molecule has 0 amide bonds. The molecule has 0 unspecified atom stereocenters. The Balaban J connectivity index is 3.17. The second-order valence-electron chi connectivity index (χ2n) is 8.09. The third-order valence-electron chi connectivity index (χ3n) is 4.85. The highest BCUT2D eigenvalue weighted by Gasteiger charge is 2.04. The number of rotatable bonds is 19. The molecule has 0 aliphatic carbocycles. The topological polar surface area (TPSA) is 26.3 Å². The summed E-state index contributed by atoms with van der Waals surface area (Å²) in [6.07, 6.45) is 24.5. The molecule has 26 heavy (non-hydrogen) atoms. The summed E-state index contributed by atoms with van der Waals surface area (Å²) in [6.45, 7) is 7.16. The summed E-state index contributed by atoms with van der Waals surface area (Å²) in [5.41, 5.74) is 0. The Morgan fingerprint density at radius 3 is 1.81 bits per heavy atom. The summed E-state index contributed by atoms with van der Waals surface area (Å²) in [7, 11) is 0. The van der Waals surface area contributed by atoms with Crippen molar-refractivity contribution < 1.29 is 9.53 Å². The summed E-state index contributed by atoms with van der Waals surface area (Å²) in [5.74, 6) is 0.555. The number of ether oxygens (including phenoxy) is 1. The van der Waals surface area contributed by atoms with Crippen LogP contribution in [0.15, 0.2) is 12.2 Å². The van der Waals surface area contributed by atoms with Crippen LogP contribution in [0.3, 0.4) is 0 Å². The Bertz CT molecular complexity index is 320. The normalized spacial score (nSPS) is 11.5. The largest absolute Gasteiger partial charge is 0.466 e. The fraction of sp³-hybridized carbons (Fsp3) is 0.875. The molecule has 0 saturated heterocycles. The number of allylic oxidation sites excluding steroid dienone is 2. The molecule has 0 aliphatic heterocycles. The first kappa shape index (κ1) is 25.2. The van der Waals surface area contributed by atoms with Crippen LogP contribution in [0.1, 0.15) is 124 Å². The van der Waals surface area contributed by atoms with Crippen molar-refractivity contribution in [3.8, 4) is 0 Å². The minimum Gasteiger partial charge on any atom is -0.466 e. The van der Waals surface area contributed by atoms with E-state index in [2.05, 4.69) is 32.9 Å². The van der Waals surface area contributed by atoms with E-state index in [1.54, 1.807) is 0 Å². The molecule has 0 fully saturated rings. The number of carbonyl (C=O) groups is 1. The first-order valence-electron chi connectivity index (χ1n) is 11.5. The van der Waals surface area contributed by atoms with Gasteiger partial charge < -0.3 is 4.74 Å². The molecule has 0 N–H and O–H groups in total. The van der Waals surface area contributed by atoms with E-state index in [0.717, 1.165) is 12.8 Å². The molecule has 0 atom stereocenters. The second kappa shape index (κ2) is 20.5. The van der Waals surface area contributed by atoms with E-state index in [1.165, 1.54) is 83.5 Å². The van der Waals surface area contributed by atoms with Gasteiger partial charge >= 0.3 is 5.97 Å². The molecule has 2 nitrogen and oxygen atoms in total. The number of esters is 1. The lowest BCUT2D eigenvalue weighted by Crippen LogP contribution is -2.06. The van der Waals surface area contributed by atoms with Crippen molar-refractivity contribution in [2.24, 2.45) is 5.92 Å². The van der Waals surface area contributed by atoms with E-state index in [9.17, 15) is 4.79 Å². The van der Waals surface area contributed by atoms with Gasteiger partial charge in [0.15, 0.2) is 0 Å². The van der Waals surface area contributed by atoms with Gasteiger partial charge in [-0.1, -0.05) is 90.7 Å². The molecule has 0 bridgehead atoms. The van der Waals surface area contributed by atoms with Gasteiger partial charge in [0.2, 0.25) is 0 Å². The molecule has 0 aromatic rings. The standard InChI is InChI=1S/C24H46O2/c1-4-5-6-7-8-9-10-11-12-13-14-15-16-17-18-19-22-26-24(25)21-20-23(2)3/h11-12,23H,4-10,13-22H2,1-3H3/b12-11-. The van der Waals surface area contributed by atoms with E-state index < -0.39 is 0 Å². The van der Waals surface area contributed by atoms with Gasteiger partial charge in [0.25, 0.3) is 0 Å². The van der Waals surface area contributed by atoms with Gasteiger partial charge in [-0.25, -0.2) is 0 Å². The lowest BCUT2D eigenvalue weighted by Gasteiger charge is -2.06. The Labute approximate surface area is 164 Å². The third-order valence-corrected chi connectivity index (χ3v) is 4.85. The summed E-state index contributed by atoms with van der Waals surface area (Å²) in [6, 6.07) is 0. The average Bonchev–Trinajstić information content (AvgIpc) is 2.62. The molecule has 2 heteroatoms. The van der Waals surface area contributed by atoms with Crippen molar-refractivity contribution in [1.29, 1.82) is 0 Å². The molecular weight excluding hydrogens is 320 g/mol. The first-order valence-corrected chi connectivity index (χ1v) is 11.5. The maximum absolute atomic E-state index is 11.5. The van der Waals surface area contributed by atoms with Gasteiger partial charge in [-0.3, -0.25) is 4.79 Å². The summed E-state index contributed by atoms with van der Waals surface area (Å²) in [4.78, 5) is 11.5. The SMILES string of the molecule is CCCCCCCC/C=C\CCCCCCCCOC(=O)CCC(C)C.